The Balaban J connectivity index is 2.08. The SMILES string of the molecule is C[C](C)c1cc(F)cc(CN2CCC[C@@H](O)C2)c1. The van der Waals surface area contributed by atoms with Crippen molar-refractivity contribution >= 4 is 0 Å². The number of benzene rings is 1. The number of hydrogen-bond donors (Lipinski definition) is 1. The highest BCUT2D eigenvalue weighted by Gasteiger charge is 2.18. The molecule has 1 fully saturated rings. The van der Waals surface area contributed by atoms with Crippen molar-refractivity contribution in [3.8, 4) is 0 Å². The van der Waals surface area contributed by atoms with Gasteiger partial charge in [-0.05, 0) is 48.6 Å². The summed E-state index contributed by atoms with van der Waals surface area (Å²) in [4.78, 5) is 2.19. The summed E-state index contributed by atoms with van der Waals surface area (Å²) >= 11 is 0. The van der Waals surface area contributed by atoms with Gasteiger partial charge in [0, 0.05) is 13.1 Å². The second-order valence-corrected chi connectivity index (χ2v) is 5.38. The predicted octanol–water partition coefficient (Wildman–Crippen LogP) is 2.74. The highest BCUT2D eigenvalue weighted by molar-refractivity contribution is 5.33. The summed E-state index contributed by atoms with van der Waals surface area (Å²) in [5.74, 6) is 0.940. The lowest BCUT2D eigenvalue weighted by Gasteiger charge is -2.30. The van der Waals surface area contributed by atoms with Gasteiger partial charge in [-0.25, -0.2) is 4.39 Å². The third kappa shape index (κ3) is 3.53. The maximum Gasteiger partial charge on any atom is 0.123 e. The smallest absolute Gasteiger partial charge is 0.123 e. The molecule has 0 bridgehead atoms. The van der Waals surface area contributed by atoms with E-state index in [9.17, 15) is 9.50 Å². The van der Waals surface area contributed by atoms with Gasteiger partial charge >= 0.3 is 0 Å². The Hall–Kier alpha value is -0.930. The van der Waals surface area contributed by atoms with Crippen LogP contribution in [0.2, 0.25) is 0 Å². The van der Waals surface area contributed by atoms with Gasteiger partial charge in [-0.3, -0.25) is 4.90 Å². The van der Waals surface area contributed by atoms with Gasteiger partial charge in [0.25, 0.3) is 0 Å². The standard InChI is InChI=1S/C15H21FNO/c1-11(2)13-6-12(7-14(16)8-13)9-17-5-3-4-15(18)10-17/h6-8,15,18H,3-5,9-10H2,1-2H3/t15-/m1/s1. The van der Waals surface area contributed by atoms with Crippen LogP contribution in [-0.4, -0.2) is 29.2 Å². The zero-order valence-electron chi connectivity index (χ0n) is 11.1. The number of β-amino-alcohol motifs (C(OH)–C–C–N with tert-alkyl or cyclic N) is 1. The molecule has 0 aromatic heterocycles. The van der Waals surface area contributed by atoms with Crippen LogP contribution >= 0.6 is 0 Å². The number of halogens is 1. The second kappa shape index (κ2) is 5.81. The van der Waals surface area contributed by atoms with Crippen LogP contribution < -0.4 is 0 Å². The van der Waals surface area contributed by atoms with Crippen molar-refractivity contribution in [3.05, 3.63) is 41.1 Å². The zero-order chi connectivity index (χ0) is 13.1. The van der Waals surface area contributed by atoms with Crippen molar-refractivity contribution in [2.24, 2.45) is 0 Å². The van der Waals surface area contributed by atoms with E-state index in [4.69, 9.17) is 0 Å². The van der Waals surface area contributed by atoms with Gasteiger partial charge in [0.05, 0.1) is 6.10 Å². The maximum absolute atomic E-state index is 13.5. The molecule has 1 atom stereocenters. The number of rotatable bonds is 3. The van der Waals surface area contributed by atoms with E-state index in [-0.39, 0.29) is 11.9 Å². The van der Waals surface area contributed by atoms with E-state index in [0.717, 1.165) is 43.0 Å². The van der Waals surface area contributed by atoms with Crippen LogP contribution in [0.4, 0.5) is 4.39 Å². The molecule has 1 N–H and O–H groups in total. The molecule has 3 heteroatoms. The summed E-state index contributed by atoms with van der Waals surface area (Å²) in [5, 5.41) is 9.64. The highest BCUT2D eigenvalue weighted by Crippen LogP contribution is 2.20. The van der Waals surface area contributed by atoms with Gasteiger partial charge in [-0.15, -0.1) is 0 Å². The molecule has 18 heavy (non-hydrogen) atoms. The average molecular weight is 250 g/mol. The summed E-state index contributed by atoms with van der Waals surface area (Å²) in [5.41, 5.74) is 1.95. The van der Waals surface area contributed by atoms with Crippen LogP contribution in [0.15, 0.2) is 18.2 Å². The van der Waals surface area contributed by atoms with E-state index < -0.39 is 0 Å². The summed E-state index contributed by atoms with van der Waals surface area (Å²) in [7, 11) is 0. The van der Waals surface area contributed by atoms with Gasteiger partial charge < -0.3 is 5.11 Å². The molecule has 1 radical (unpaired) electrons. The normalized spacial score (nSPS) is 21.5. The molecule has 0 saturated carbocycles. The van der Waals surface area contributed by atoms with Gasteiger partial charge in [0.1, 0.15) is 5.82 Å². The lowest BCUT2D eigenvalue weighted by Crippen LogP contribution is -2.37. The Labute approximate surface area is 108 Å². The first-order valence-corrected chi connectivity index (χ1v) is 6.55. The fourth-order valence-electron chi connectivity index (χ4n) is 2.46. The van der Waals surface area contributed by atoms with E-state index in [2.05, 4.69) is 4.90 Å². The highest BCUT2D eigenvalue weighted by atomic mass is 19.1. The molecule has 0 unspecified atom stereocenters. The molecule has 0 aliphatic carbocycles. The van der Waals surface area contributed by atoms with Crippen LogP contribution in [0.25, 0.3) is 0 Å². The summed E-state index contributed by atoms with van der Waals surface area (Å²) in [6, 6.07) is 5.21. The Bertz CT molecular complexity index is 405. The lowest BCUT2D eigenvalue weighted by atomic mass is 10.00. The molecule has 1 heterocycles. The quantitative estimate of drug-likeness (QED) is 0.891. The monoisotopic (exact) mass is 250 g/mol. The number of likely N-dealkylation sites (tertiary alicyclic amines) is 1. The molecule has 2 rings (SSSR count). The van der Waals surface area contributed by atoms with E-state index in [1.54, 1.807) is 12.1 Å². The largest absolute Gasteiger partial charge is 0.392 e. The lowest BCUT2D eigenvalue weighted by molar-refractivity contribution is 0.0668. The van der Waals surface area contributed by atoms with E-state index in [1.165, 1.54) is 0 Å². The Kier molecular flexibility index (Phi) is 4.36. The Morgan fingerprint density at radius 2 is 2.17 bits per heavy atom. The van der Waals surface area contributed by atoms with Crippen molar-refractivity contribution in [3.63, 3.8) is 0 Å². The molecule has 1 aliphatic heterocycles. The first kappa shape index (κ1) is 13.5. The molecule has 1 saturated heterocycles. The third-order valence-electron chi connectivity index (χ3n) is 3.42. The summed E-state index contributed by atoms with van der Waals surface area (Å²) in [6.07, 6.45) is 1.67. The van der Waals surface area contributed by atoms with E-state index in [0.29, 0.717) is 6.54 Å². The van der Waals surface area contributed by atoms with Crippen molar-refractivity contribution in [2.45, 2.75) is 39.3 Å². The second-order valence-electron chi connectivity index (χ2n) is 5.38. The molecular formula is C15H21FNO. The summed E-state index contributed by atoms with van der Waals surface area (Å²) < 4.78 is 13.5. The van der Waals surface area contributed by atoms with Crippen LogP contribution in [0.5, 0.6) is 0 Å². The minimum atomic E-state index is -0.230. The molecule has 99 valence electrons. The van der Waals surface area contributed by atoms with Gasteiger partial charge in [-0.1, -0.05) is 19.9 Å². The van der Waals surface area contributed by atoms with E-state index >= 15 is 0 Å². The van der Waals surface area contributed by atoms with Gasteiger partial charge in [0.2, 0.25) is 0 Å². The first-order valence-electron chi connectivity index (χ1n) is 6.55. The predicted molar refractivity (Wildman–Crippen MR) is 70.6 cm³/mol. The zero-order valence-corrected chi connectivity index (χ0v) is 11.1. The fraction of sp³-hybridized carbons (Fsp3) is 0.533. The topological polar surface area (TPSA) is 23.5 Å². The van der Waals surface area contributed by atoms with Gasteiger partial charge in [-0.2, -0.15) is 0 Å². The molecule has 0 amide bonds. The van der Waals surface area contributed by atoms with Crippen LogP contribution in [0.3, 0.4) is 0 Å². The van der Waals surface area contributed by atoms with Crippen molar-refractivity contribution in [1.29, 1.82) is 0 Å². The fourth-order valence-corrected chi connectivity index (χ4v) is 2.46. The summed E-state index contributed by atoms with van der Waals surface area (Å²) in [6.45, 7) is 6.37. The molecule has 1 aliphatic rings. The van der Waals surface area contributed by atoms with Crippen LogP contribution in [-0.2, 0) is 6.54 Å². The van der Waals surface area contributed by atoms with Gasteiger partial charge in [0.15, 0.2) is 0 Å². The number of aliphatic hydroxyl groups excluding tert-OH is 1. The van der Waals surface area contributed by atoms with Crippen molar-refractivity contribution < 1.29 is 9.50 Å². The number of hydrogen-bond acceptors (Lipinski definition) is 2. The molecule has 1 aromatic carbocycles. The Morgan fingerprint density at radius 1 is 1.39 bits per heavy atom. The molecule has 2 nitrogen and oxygen atoms in total. The number of nitrogens with zero attached hydrogens (tertiary/aromatic N) is 1. The minimum absolute atomic E-state index is 0.179. The van der Waals surface area contributed by atoms with E-state index in [1.807, 2.05) is 19.9 Å². The Morgan fingerprint density at radius 3 is 2.83 bits per heavy atom. The molecule has 1 aromatic rings. The maximum atomic E-state index is 13.5. The minimum Gasteiger partial charge on any atom is -0.392 e. The molecular weight excluding hydrogens is 229 g/mol. The van der Waals surface area contributed by atoms with Crippen LogP contribution in [0.1, 0.15) is 37.8 Å². The third-order valence-corrected chi connectivity index (χ3v) is 3.42. The first-order chi connectivity index (χ1) is 8.54. The number of piperidine rings is 1. The van der Waals surface area contributed by atoms with Crippen molar-refractivity contribution in [2.75, 3.05) is 13.1 Å². The number of aliphatic hydroxyl groups is 1. The van der Waals surface area contributed by atoms with Crippen LogP contribution in [0, 0.1) is 11.7 Å². The molecule has 0 spiro atoms. The van der Waals surface area contributed by atoms with Crippen molar-refractivity contribution in [1.82, 2.24) is 4.90 Å². The average Bonchev–Trinajstić information content (AvgIpc) is 2.28.